The molecular weight excluding hydrogens is 412 g/mol. The number of rotatable bonds is 10. The van der Waals surface area contributed by atoms with Crippen LogP contribution in [0.3, 0.4) is 0 Å². The fourth-order valence-electron chi connectivity index (χ4n) is 2.55. The molecule has 0 aliphatic rings. The molecule has 0 fully saturated rings. The normalized spacial score (nSPS) is 10.8. The van der Waals surface area contributed by atoms with Crippen LogP contribution in [-0.4, -0.2) is 56.2 Å². The number of nitrogens with zero attached hydrogens (tertiary/aromatic N) is 6. The summed E-state index contributed by atoms with van der Waals surface area (Å²) in [5.74, 6) is 1.60. The lowest BCUT2D eigenvalue weighted by Gasteiger charge is -2.12. The minimum atomic E-state index is 0.172. The molecule has 0 spiro atoms. The first-order chi connectivity index (χ1) is 15.3. The largest absolute Gasteiger partial charge is 0.467 e. The molecule has 32 heavy (non-hydrogen) atoms. The average Bonchev–Trinajstić information content (AvgIpc) is 2.73. The molecule has 1 aromatic carbocycles. The molecule has 2 aromatic heterocycles. The molecule has 0 atom stereocenters. The second kappa shape index (κ2) is 10.4. The first kappa shape index (κ1) is 22.7. The van der Waals surface area contributed by atoms with Gasteiger partial charge in [0.05, 0.1) is 14.2 Å². The highest BCUT2D eigenvalue weighted by Crippen LogP contribution is 2.21. The molecular formula is C20H28N10O2. The fraction of sp³-hybridized carbons (Fsp3) is 0.400. The maximum Gasteiger partial charge on any atom is 0.322 e. The van der Waals surface area contributed by atoms with E-state index in [0.717, 1.165) is 11.4 Å². The zero-order valence-electron chi connectivity index (χ0n) is 19.0. The SMILES string of the molecule is COc1nc(Nc2ccc(Nc3nc(NC(C)C)nc(OC)n3)cc2)nc(NC(C)C)n1. The van der Waals surface area contributed by atoms with Crippen LogP contribution in [0.5, 0.6) is 12.0 Å². The molecule has 0 bridgehead atoms. The van der Waals surface area contributed by atoms with Gasteiger partial charge in [0, 0.05) is 23.5 Å². The van der Waals surface area contributed by atoms with Crippen molar-refractivity contribution >= 4 is 35.2 Å². The molecule has 0 amide bonds. The topological polar surface area (TPSA) is 144 Å². The summed E-state index contributed by atoms with van der Waals surface area (Å²) in [4.78, 5) is 25.6. The molecule has 12 heteroatoms. The van der Waals surface area contributed by atoms with E-state index in [1.165, 1.54) is 14.2 Å². The van der Waals surface area contributed by atoms with E-state index < -0.39 is 0 Å². The second-order valence-corrected chi connectivity index (χ2v) is 7.36. The first-order valence-corrected chi connectivity index (χ1v) is 10.1. The van der Waals surface area contributed by atoms with E-state index in [1.54, 1.807) is 0 Å². The van der Waals surface area contributed by atoms with E-state index in [4.69, 9.17) is 9.47 Å². The molecule has 3 aromatic rings. The monoisotopic (exact) mass is 440 g/mol. The highest BCUT2D eigenvalue weighted by molar-refractivity contribution is 5.62. The standard InChI is InChI=1S/C20H28N10O2/c1-11(2)21-15-25-17(29-19(27-15)31-5)23-13-7-9-14(10-8-13)24-18-26-16(22-12(3)4)28-20(30-18)32-6/h7-12H,1-6H3,(H2,21,23,25,27,29)(H2,22,24,26,28,30). The lowest BCUT2D eigenvalue weighted by molar-refractivity contribution is 0.379. The van der Waals surface area contributed by atoms with Gasteiger partial charge in [0.2, 0.25) is 23.8 Å². The summed E-state index contributed by atoms with van der Waals surface area (Å²) >= 11 is 0. The van der Waals surface area contributed by atoms with Gasteiger partial charge in [-0.05, 0) is 52.0 Å². The molecule has 170 valence electrons. The molecule has 0 aliphatic carbocycles. The van der Waals surface area contributed by atoms with Gasteiger partial charge in [0.15, 0.2) is 0 Å². The van der Waals surface area contributed by atoms with Crippen LogP contribution in [0, 0.1) is 0 Å². The Morgan fingerprint density at radius 3 is 1.22 bits per heavy atom. The number of hydrogen-bond donors (Lipinski definition) is 4. The number of benzene rings is 1. The predicted octanol–water partition coefficient (Wildman–Crippen LogP) is 3.20. The van der Waals surface area contributed by atoms with Crippen molar-refractivity contribution in [3.05, 3.63) is 24.3 Å². The zero-order chi connectivity index (χ0) is 23.1. The molecule has 0 saturated heterocycles. The van der Waals surface area contributed by atoms with Crippen molar-refractivity contribution in [2.75, 3.05) is 35.5 Å². The summed E-state index contributed by atoms with van der Waals surface area (Å²) < 4.78 is 10.3. The maximum atomic E-state index is 5.17. The summed E-state index contributed by atoms with van der Waals surface area (Å²) in [5.41, 5.74) is 1.57. The number of aromatic nitrogens is 6. The van der Waals surface area contributed by atoms with Gasteiger partial charge in [-0.3, -0.25) is 0 Å². The molecule has 2 heterocycles. The van der Waals surface area contributed by atoms with Gasteiger partial charge in [0.1, 0.15) is 0 Å². The number of anilines is 6. The summed E-state index contributed by atoms with van der Waals surface area (Å²) in [6.07, 6.45) is 0. The van der Waals surface area contributed by atoms with E-state index in [-0.39, 0.29) is 24.1 Å². The quantitative estimate of drug-likeness (QED) is 0.367. The van der Waals surface area contributed by atoms with Crippen LogP contribution >= 0.6 is 0 Å². The summed E-state index contributed by atoms with van der Waals surface area (Å²) in [5, 5.41) is 12.6. The van der Waals surface area contributed by atoms with Crippen LogP contribution in [0.4, 0.5) is 35.2 Å². The third-order valence-corrected chi connectivity index (χ3v) is 3.83. The van der Waals surface area contributed by atoms with E-state index in [0.29, 0.717) is 23.8 Å². The van der Waals surface area contributed by atoms with Crippen LogP contribution in [0.25, 0.3) is 0 Å². The van der Waals surface area contributed by atoms with Crippen molar-refractivity contribution in [1.29, 1.82) is 0 Å². The van der Waals surface area contributed by atoms with Crippen molar-refractivity contribution in [1.82, 2.24) is 29.9 Å². The van der Waals surface area contributed by atoms with Crippen LogP contribution in [-0.2, 0) is 0 Å². The maximum absolute atomic E-state index is 5.17. The Kier molecular flexibility index (Phi) is 7.37. The molecule has 12 nitrogen and oxygen atoms in total. The van der Waals surface area contributed by atoms with Crippen LogP contribution < -0.4 is 30.7 Å². The Morgan fingerprint density at radius 2 is 0.906 bits per heavy atom. The van der Waals surface area contributed by atoms with Crippen LogP contribution in [0.1, 0.15) is 27.7 Å². The van der Waals surface area contributed by atoms with E-state index in [2.05, 4.69) is 51.2 Å². The Labute approximate surface area is 186 Å². The molecule has 0 aliphatic heterocycles. The van der Waals surface area contributed by atoms with Crippen molar-refractivity contribution in [3.8, 4) is 12.0 Å². The van der Waals surface area contributed by atoms with Crippen molar-refractivity contribution in [3.63, 3.8) is 0 Å². The smallest absolute Gasteiger partial charge is 0.322 e. The van der Waals surface area contributed by atoms with E-state index >= 15 is 0 Å². The van der Waals surface area contributed by atoms with Gasteiger partial charge >= 0.3 is 12.0 Å². The molecule has 0 radical (unpaired) electrons. The minimum absolute atomic E-state index is 0.172. The van der Waals surface area contributed by atoms with Gasteiger partial charge in [-0.15, -0.1) is 0 Å². The lowest BCUT2D eigenvalue weighted by Crippen LogP contribution is -2.14. The van der Waals surface area contributed by atoms with Gasteiger partial charge in [-0.1, -0.05) is 0 Å². The van der Waals surface area contributed by atoms with Gasteiger partial charge in [0.25, 0.3) is 0 Å². The molecule has 3 rings (SSSR count). The third-order valence-electron chi connectivity index (χ3n) is 3.83. The van der Waals surface area contributed by atoms with Gasteiger partial charge in [-0.2, -0.15) is 29.9 Å². The fourth-order valence-corrected chi connectivity index (χ4v) is 2.55. The molecule has 0 unspecified atom stereocenters. The number of hydrogen-bond acceptors (Lipinski definition) is 12. The minimum Gasteiger partial charge on any atom is -0.467 e. The molecule has 4 N–H and O–H groups in total. The average molecular weight is 441 g/mol. The highest BCUT2D eigenvalue weighted by atomic mass is 16.5. The first-order valence-electron chi connectivity index (χ1n) is 10.1. The van der Waals surface area contributed by atoms with Gasteiger partial charge in [-0.25, -0.2) is 0 Å². The van der Waals surface area contributed by atoms with Gasteiger partial charge < -0.3 is 30.7 Å². The summed E-state index contributed by atoms with van der Waals surface area (Å²) in [7, 11) is 3.02. The Balaban J connectivity index is 1.73. The Bertz CT molecular complexity index is 945. The van der Waals surface area contributed by atoms with E-state index in [1.807, 2.05) is 52.0 Å². The number of nitrogens with one attached hydrogen (secondary N) is 4. The highest BCUT2D eigenvalue weighted by Gasteiger charge is 2.10. The van der Waals surface area contributed by atoms with Crippen LogP contribution in [0.2, 0.25) is 0 Å². The number of ether oxygens (including phenoxy) is 2. The van der Waals surface area contributed by atoms with E-state index in [9.17, 15) is 0 Å². The third kappa shape index (κ3) is 6.52. The Morgan fingerprint density at radius 1 is 0.562 bits per heavy atom. The zero-order valence-corrected chi connectivity index (χ0v) is 19.0. The summed E-state index contributed by atoms with van der Waals surface area (Å²) in [6.45, 7) is 8.00. The number of methoxy groups -OCH3 is 2. The second-order valence-electron chi connectivity index (χ2n) is 7.36. The van der Waals surface area contributed by atoms with Crippen LogP contribution in [0.15, 0.2) is 24.3 Å². The van der Waals surface area contributed by atoms with Crippen molar-refractivity contribution < 1.29 is 9.47 Å². The molecule has 0 saturated carbocycles. The summed E-state index contributed by atoms with van der Waals surface area (Å²) in [6, 6.07) is 8.28. The van der Waals surface area contributed by atoms with Crippen molar-refractivity contribution in [2.24, 2.45) is 0 Å². The lowest BCUT2D eigenvalue weighted by atomic mass is 10.3. The van der Waals surface area contributed by atoms with Crippen molar-refractivity contribution in [2.45, 2.75) is 39.8 Å². The Hall–Kier alpha value is -3.96. The predicted molar refractivity (Wildman–Crippen MR) is 123 cm³/mol.